The van der Waals surface area contributed by atoms with Crippen molar-refractivity contribution in [2.24, 2.45) is 0 Å². The normalized spacial score (nSPS) is 14.1. The van der Waals surface area contributed by atoms with Crippen molar-refractivity contribution in [2.45, 2.75) is 19.2 Å². The predicted molar refractivity (Wildman–Crippen MR) is 39.6 cm³/mol. The van der Waals surface area contributed by atoms with E-state index in [-0.39, 0.29) is 0 Å². The Kier molecular flexibility index (Phi) is 2.66. The molecule has 0 aromatic carbocycles. The smallest absolute Gasteiger partial charge is 0.379 e. The molecule has 1 heterocycles. The van der Waals surface area contributed by atoms with Gasteiger partial charge in [0, 0.05) is 17.7 Å². The summed E-state index contributed by atoms with van der Waals surface area (Å²) >= 11 is 0. The van der Waals surface area contributed by atoms with Crippen molar-refractivity contribution in [3.8, 4) is 0 Å². The van der Waals surface area contributed by atoms with Gasteiger partial charge in [0.2, 0.25) is 11.9 Å². The van der Waals surface area contributed by atoms with Gasteiger partial charge in [-0.3, -0.25) is 5.21 Å². The lowest BCUT2D eigenvalue weighted by Crippen LogP contribution is -2.35. The zero-order chi connectivity index (χ0) is 10.9. The molecule has 0 amide bonds. The molecule has 3 nitrogen and oxygen atoms in total. The topological polar surface area (TPSA) is 44.3 Å². The van der Waals surface area contributed by atoms with E-state index in [2.05, 4.69) is 0 Å². The monoisotopic (exact) mass is 208 g/mol. The van der Waals surface area contributed by atoms with Crippen LogP contribution >= 0.6 is 0 Å². The van der Waals surface area contributed by atoms with E-state index in [4.69, 9.17) is 10.3 Å². The van der Waals surface area contributed by atoms with E-state index in [9.17, 15) is 13.2 Å². The van der Waals surface area contributed by atoms with Crippen LogP contribution in [0.4, 0.5) is 13.2 Å². The van der Waals surface area contributed by atoms with Crippen molar-refractivity contribution in [1.82, 2.24) is 0 Å². The summed E-state index contributed by atoms with van der Waals surface area (Å²) < 4.78 is 36.6. The van der Waals surface area contributed by atoms with Crippen LogP contribution in [0.2, 0.25) is 0 Å². The molecule has 1 aromatic heterocycles. The second kappa shape index (κ2) is 3.45. The molecule has 78 valence electrons. The molecule has 1 aromatic rings. The third-order valence-electron chi connectivity index (χ3n) is 1.78. The molecule has 1 atom stereocenters. The molecule has 0 radical (unpaired) electrons. The number of hydrogen-bond acceptors (Lipinski definition) is 2. The van der Waals surface area contributed by atoms with E-state index in [0.717, 1.165) is 12.3 Å². The van der Waals surface area contributed by atoms with E-state index >= 15 is 0 Å². The lowest BCUT2D eigenvalue weighted by atomic mass is 10.1. The number of nitrogens with zero attached hydrogens (tertiary/aromatic N) is 1. The van der Waals surface area contributed by atoms with Crippen LogP contribution in [-0.2, 0) is 0 Å². The van der Waals surface area contributed by atoms with Crippen molar-refractivity contribution in [2.75, 3.05) is 0 Å². The molecule has 14 heavy (non-hydrogen) atoms. The summed E-state index contributed by atoms with van der Waals surface area (Å²) in [6.45, 7) is 1.52. The van der Waals surface area contributed by atoms with E-state index in [0.29, 0.717) is 10.4 Å². The second-order valence-electron chi connectivity index (χ2n) is 2.89. The molecule has 0 aliphatic carbocycles. The van der Waals surface area contributed by atoms with Crippen LogP contribution in [-0.4, -0.2) is 16.5 Å². The number of aliphatic hydroxyl groups is 1. The van der Waals surface area contributed by atoms with Gasteiger partial charge in [0.25, 0.3) is 0 Å². The third kappa shape index (κ3) is 2.14. The first-order valence-corrected chi connectivity index (χ1v) is 3.78. The molecule has 0 saturated heterocycles. The Morgan fingerprint density at radius 3 is 2.36 bits per heavy atom. The number of rotatable bonds is 1. The fraction of sp³-hybridized carbons (Fsp3) is 0.375. The summed E-state index contributed by atoms with van der Waals surface area (Å²) in [4.78, 5) is 0. The molecule has 2 N–H and O–H groups in total. The Hall–Kier alpha value is -1.30. The summed E-state index contributed by atoms with van der Waals surface area (Å²) in [5.74, 6) is 0. The number of halogens is 3. The summed E-state index contributed by atoms with van der Waals surface area (Å²) in [6, 6.07) is 2.39. The Bertz CT molecular complexity index is 338. The molecule has 0 spiro atoms. The van der Waals surface area contributed by atoms with Crippen molar-refractivity contribution in [1.29, 1.82) is 0 Å². The first-order chi connectivity index (χ1) is 6.32. The lowest BCUT2D eigenvalue weighted by Gasteiger charge is -2.12. The van der Waals surface area contributed by atoms with E-state index < -0.39 is 17.8 Å². The Morgan fingerprint density at radius 1 is 1.36 bits per heavy atom. The number of aromatic nitrogens is 1. The Morgan fingerprint density at radius 2 is 1.93 bits per heavy atom. The fourth-order valence-electron chi connectivity index (χ4n) is 0.930. The second-order valence-corrected chi connectivity index (χ2v) is 2.89. The molecule has 6 heteroatoms. The fourth-order valence-corrected chi connectivity index (χ4v) is 0.930. The third-order valence-corrected chi connectivity index (χ3v) is 1.78. The molecule has 1 rings (SSSR count). The lowest BCUT2D eigenvalue weighted by molar-refractivity contribution is -0.909. The van der Waals surface area contributed by atoms with Crippen LogP contribution in [0.25, 0.3) is 0 Å². The summed E-state index contributed by atoms with van der Waals surface area (Å²) in [5.41, 5.74) is -0.0197. The SMILES string of the molecule is Cc1ccc(C(O)C(F)(F)F)c[n+]1O. The maximum Gasteiger partial charge on any atom is 0.418 e. The minimum Gasteiger partial charge on any atom is -0.379 e. The largest absolute Gasteiger partial charge is 0.418 e. The van der Waals surface area contributed by atoms with E-state index in [1.165, 1.54) is 13.0 Å². The summed E-state index contributed by atoms with van der Waals surface area (Å²) in [7, 11) is 0. The number of hydrogen-bond donors (Lipinski definition) is 2. The number of aryl methyl sites for hydroxylation is 1. The molecule has 0 saturated carbocycles. The standard InChI is InChI=1S/C8H9F3NO2/c1-5-2-3-6(4-12(5)14)7(13)8(9,10)11/h2-4,7,13-14H,1H3/q+1. The number of aliphatic hydroxyl groups excluding tert-OH is 1. The van der Waals surface area contributed by atoms with E-state index in [1.54, 1.807) is 0 Å². The van der Waals surface area contributed by atoms with Crippen molar-refractivity contribution in [3.05, 3.63) is 29.6 Å². The van der Waals surface area contributed by atoms with Crippen molar-refractivity contribution >= 4 is 0 Å². The molecule has 0 aliphatic rings. The van der Waals surface area contributed by atoms with Gasteiger partial charge in [-0.15, -0.1) is 0 Å². The van der Waals surface area contributed by atoms with Crippen LogP contribution in [0, 0.1) is 6.92 Å². The summed E-state index contributed by atoms with van der Waals surface area (Å²) in [6.07, 6.45) is -6.46. The van der Waals surface area contributed by atoms with Gasteiger partial charge in [0.05, 0.1) is 5.56 Å². The van der Waals surface area contributed by atoms with Gasteiger partial charge >= 0.3 is 6.18 Å². The predicted octanol–water partition coefficient (Wildman–Crippen LogP) is 1.12. The highest BCUT2D eigenvalue weighted by Crippen LogP contribution is 2.31. The maximum absolute atomic E-state index is 12.0. The molecule has 0 bridgehead atoms. The molecular formula is C8H9F3NO2+. The molecule has 0 fully saturated rings. The zero-order valence-corrected chi connectivity index (χ0v) is 7.28. The van der Waals surface area contributed by atoms with Crippen LogP contribution in [0.5, 0.6) is 0 Å². The summed E-state index contributed by atoms with van der Waals surface area (Å²) in [5, 5.41) is 17.9. The van der Waals surface area contributed by atoms with E-state index in [1.807, 2.05) is 0 Å². The van der Waals surface area contributed by atoms with Crippen LogP contribution in [0.15, 0.2) is 18.3 Å². The first-order valence-electron chi connectivity index (χ1n) is 3.78. The highest BCUT2D eigenvalue weighted by atomic mass is 19.4. The average Bonchev–Trinajstić information content (AvgIpc) is 2.07. The van der Waals surface area contributed by atoms with Crippen molar-refractivity contribution < 1.29 is 28.2 Å². The minimum atomic E-state index is -4.72. The molecular weight excluding hydrogens is 199 g/mol. The van der Waals surface area contributed by atoms with Gasteiger partial charge < -0.3 is 5.11 Å². The van der Waals surface area contributed by atoms with Gasteiger partial charge in [0.15, 0.2) is 6.10 Å². The number of pyridine rings is 1. The zero-order valence-electron chi connectivity index (χ0n) is 7.28. The number of alkyl halides is 3. The van der Waals surface area contributed by atoms with Gasteiger partial charge in [-0.25, -0.2) is 0 Å². The Labute approximate surface area is 78.0 Å². The highest BCUT2D eigenvalue weighted by molar-refractivity contribution is 5.13. The minimum absolute atomic E-state index is 0.378. The van der Waals surface area contributed by atoms with Crippen LogP contribution < -0.4 is 4.73 Å². The maximum atomic E-state index is 12.0. The first kappa shape index (κ1) is 10.8. The molecule has 1 unspecified atom stereocenters. The quantitative estimate of drug-likeness (QED) is 0.536. The van der Waals surface area contributed by atoms with Crippen LogP contribution in [0.1, 0.15) is 17.4 Å². The molecule has 0 aliphatic heterocycles. The van der Waals surface area contributed by atoms with Gasteiger partial charge in [-0.1, -0.05) is 0 Å². The van der Waals surface area contributed by atoms with Gasteiger partial charge in [-0.05, 0) is 6.07 Å². The van der Waals surface area contributed by atoms with Gasteiger partial charge in [-0.2, -0.15) is 13.2 Å². The van der Waals surface area contributed by atoms with Crippen LogP contribution in [0.3, 0.4) is 0 Å². The highest BCUT2D eigenvalue weighted by Gasteiger charge is 2.40. The Balaban J connectivity index is 3.03. The van der Waals surface area contributed by atoms with Gasteiger partial charge in [0.1, 0.15) is 0 Å². The average molecular weight is 208 g/mol. The van der Waals surface area contributed by atoms with Crippen molar-refractivity contribution in [3.63, 3.8) is 0 Å².